The van der Waals surface area contributed by atoms with Crippen LogP contribution in [0, 0.1) is 0 Å². The summed E-state index contributed by atoms with van der Waals surface area (Å²) in [4.78, 5) is 12.0. The number of carbonyl (C=O) groups is 1. The van der Waals surface area contributed by atoms with Crippen LogP contribution in [0.25, 0.3) is 0 Å². The van der Waals surface area contributed by atoms with Crippen LogP contribution in [0.2, 0.25) is 0 Å². The van der Waals surface area contributed by atoms with Crippen LogP contribution in [-0.4, -0.2) is 37.3 Å². The summed E-state index contributed by atoms with van der Waals surface area (Å²) in [5.74, 6) is -0.146. The average molecular weight is 284 g/mol. The van der Waals surface area contributed by atoms with Gasteiger partial charge in [0.05, 0.1) is 6.26 Å². The highest BCUT2D eigenvalue weighted by Crippen LogP contribution is 2.14. The molecule has 19 heavy (non-hydrogen) atoms. The largest absolute Gasteiger partial charge is 0.398 e. The maximum Gasteiger partial charge on any atom is 0.211 e. The van der Waals surface area contributed by atoms with Gasteiger partial charge in [-0.2, -0.15) is 4.31 Å². The summed E-state index contributed by atoms with van der Waals surface area (Å²) in [6.45, 7) is 3.73. The lowest BCUT2D eigenvalue weighted by Gasteiger charge is -2.23. The van der Waals surface area contributed by atoms with Crippen molar-refractivity contribution in [1.82, 2.24) is 4.31 Å². The van der Waals surface area contributed by atoms with E-state index in [2.05, 4.69) is 0 Å². The van der Waals surface area contributed by atoms with Crippen molar-refractivity contribution >= 4 is 21.5 Å². The second-order valence-corrected chi connectivity index (χ2v) is 6.66. The zero-order valence-electron chi connectivity index (χ0n) is 11.5. The van der Waals surface area contributed by atoms with Crippen LogP contribution in [-0.2, 0) is 10.0 Å². The molecule has 106 valence electrons. The number of carbonyl (C=O) groups excluding carboxylic acids is 1. The van der Waals surface area contributed by atoms with E-state index < -0.39 is 10.0 Å². The maximum atomic E-state index is 12.0. The molecule has 1 aromatic rings. The van der Waals surface area contributed by atoms with Gasteiger partial charge < -0.3 is 5.73 Å². The Balaban J connectivity index is 2.76. The molecule has 0 saturated heterocycles. The van der Waals surface area contributed by atoms with Crippen LogP contribution in [0.15, 0.2) is 24.3 Å². The summed E-state index contributed by atoms with van der Waals surface area (Å²) in [6, 6.07) is 6.63. The standard InChI is InChI=1S/C13H20N2O3S/c1-10(2)15(19(3,17)18)9-8-13(16)11-6-4-5-7-12(11)14/h4-7,10H,8-9,14H2,1-3H3. The van der Waals surface area contributed by atoms with Crippen molar-refractivity contribution in [2.24, 2.45) is 0 Å². The van der Waals surface area contributed by atoms with E-state index in [0.717, 1.165) is 6.26 Å². The number of anilines is 1. The lowest BCUT2D eigenvalue weighted by molar-refractivity contribution is 0.0975. The summed E-state index contributed by atoms with van der Waals surface area (Å²) in [7, 11) is -3.30. The molecule has 2 N–H and O–H groups in total. The number of ketones is 1. The van der Waals surface area contributed by atoms with Crippen molar-refractivity contribution in [3.63, 3.8) is 0 Å². The first kappa shape index (κ1) is 15.7. The van der Waals surface area contributed by atoms with E-state index in [-0.39, 0.29) is 24.8 Å². The highest BCUT2D eigenvalue weighted by atomic mass is 32.2. The van der Waals surface area contributed by atoms with E-state index in [4.69, 9.17) is 5.73 Å². The number of hydrogen-bond donors (Lipinski definition) is 1. The number of nitrogen functional groups attached to an aromatic ring is 1. The fourth-order valence-corrected chi connectivity index (χ4v) is 3.09. The van der Waals surface area contributed by atoms with Gasteiger partial charge in [0.1, 0.15) is 0 Å². The Kier molecular flexibility index (Phi) is 5.08. The van der Waals surface area contributed by atoms with E-state index in [1.54, 1.807) is 38.1 Å². The predicted molar refractivity (Wildman–Crippen MR) is 76.5 cm³/mol. The van der Waals surface area contributed by atoms with Gasteiger partial charge in [-0.15, -0.1) is 0 Å². The van der Waals surface area contributed by atoms with Gasteiger partial charge in [-0.05, 0) is 26.0 Å². The molecule has 0 unspecified atom stereocenters. The molecule has 0 aliphatic rings. The minimum Gasteiger partial charge on any atom is -0.398 e. The third-order valence-corrected chi connectivity index (χ3v) is 4.28. The number of nitrogens with two attached hydrogens (primary N) is 1. The summed E-state index contributed by atoms with van der Waals surface area (Å²) >= 11 is 0. The number of hydrogen-bond acceptors (Lipinski definition) is 4. The van der Waals surface area contributed by atoms with Crippen molar-refractivity contribution in [3.05, 3.63) is 29.8 Å². The van der Waals surface area contributed by atoms with Crippen LogP contribution in [0.5, 0.6) is 0 Å². The fourth-order valence-electron chi connectivity index (χ4n) is 1.90. The van der Waals surface area contributed by atoms with Crippen molar-refractivity contribution in [3.8, 4) is 0 Å². The van der Waals surface area contributed by atoms with Crippen molar-refractivity contribution in [2.75, 3.05) is 18.5 Å². The van der Waals surface area contributed by atoms with Gasteiger partial charge in [-0.1, -0.05) is 12.1 Å². The third-order valence-electron chi connectivity index (χ3n) is 2.82. The van der Waals surface area contributed by atoms with E-state index in [0.29, 0.717) is 11.3 Å². The van der Waals surface area contributed by atoms with Crippen LogP contribution < -0.4 is 5.73 Å². The molecular formula is C13H20N2O3S. The molecule has 5 nitrogen and oxygen atoms in total. The second kappa shape index (κ2) is 6.16. The van der Waals surface area contributed by atoms with Gasteiger partial charge >= 0.3 is 0 Å². The molecule has 0 atom stereocenters. The van der Waals surface area contributed by atoms with E-state index in [1.165, 1.54) is 4.31 Å². The molecule has 1 aromatic carbocycles. The smallest absolute Gasteiger partial charge is 0.211 e. The first-order valence-corrected chi connectivity index (χ1v) is 7.93. The molecule has 1 rings (SSSR count). The lowest BCUT2D eigenvalue weighted by atomic mass is 10.1. The van der Waals surface area contributed by atoms with Gasteiger partial charge in [0.15, 0.2) is 5.78 Å². The molecule has 0 aliphatic carbocycles. The van der Waals surface area contributed by atoms with Crippen LogP contribution >= 0.6 is 0 Å². The van der Waals surface area contributed by atoms with Crippen LogP contribution in [0.1, 0.15) is 30.6 Å². The molecule has 0 spiro atoms. The molecule has 0 fully saturated rings. The number of sulfonamides is 1. The normalized spacial score (nSPS) is 12.1. The Bertz CT molecular complexity index is 553. The maximum absolute atomic E-state index is 12.0. The SMILES string of the molecule is CC(C)N(CCC(=O)c1ccccc1N)S(C)(=O)=O. The topological polar surface area (TPSA) is 80.5 Å². The van der Waals surface area contributed by atoms with Crippen molar-refractivity contribution < 1.29 is 13.2 Å². The highest BCUT2D eigenvalue weighted by molar-refractivity contribution is 7.88. The van der Waals surface area contributed by atoms with Gasteiger partial charge in [0, 0.05) is 30.3 Å². The van der Waals surface area contributed by atoms with Crippen LogP contribution in [0.4, 0.5) is 5.69 Å². The molecule has 6 heteroatoms. The summed E-state index contributed by atoms with van der Waals surface area (Å²) in [5, 5.41) is 0. The van der Waals surface area contributed by atoms with Gasteiger partial charge in [-0.25, -0.2) is 8.42 Å². The zero-order valence-corrected chi connectivity index (χ0v) is 12.3. The Hall–Kier alpha value is -1.40. The van der Waals surface area contributed by atoms with E-state index in [9.17, 15) is 13.2 Å². The molecule has 0 amide bonds. The third kappa shape index (κ3) is 4.33. The lowest BCUT2D eigenvalue weighted by Crippen LogP contribution is -2.37. The number of Topliss-reactive ketones (excluding diaryl/α,β-unsaturated/α-hetero) is 1. The molecular weight excluding hydrogens is 264 g/mol. The predicted octanol–water partition coefficient (Wildman–Crippen LogP) is 1.51. The molecule has 0 aromatic heterocycles. The monoisotopic (exact) mass is 284 g/mol. The second-order valence-electron chi connectivity index (χ2n) is 4.73. The van der Waals surface area contributed by atoms with Gasteiger partial charge in [-0.3, -0.25) is 4.79 Å². The Morgan fingerprint density at radius 2 is 1.89 bits per heavy atom. The highest BCUT2D eigenvalue weighted by Gasteiger charge is 2.21. The summed E-state index contributed by atoms with van der Waals surface area (Å²) < 4.78 is 24.5. The fraction of sp³-hybridized carbons (Fsp3) is 0.462. The summed E-state index contributed by atoms with van der Waals surface area (Å²) in [6.07, 6.45) is 1.27. The first-order valence-electron chi connectivity index (χ1n) is 6.08. The first-order chi connectivity index (χ1) is 8.73. The number of benzene rings is 1. The Morgan fingerprint density at radius 1 is 1.32 bits per heavy atom. The van der Waals surface area contributed by atoms with Crippen LogP contribution in [0.3, 0.4) is 0 Å². The zero-order chi connectivity index (χ0) is 14.6. The van der Waals surface area contributed by atoms with Crippen molar-refractivity contribution in [1.29, 1.82) is 0 Å². The average Bonchev–Trinajstić information content (AvgIpc) is 2.27. The molecule has 0 aliphatic heterocycles. The Labute approximate surface area is 114 Å². The quantitative estimate of drug-likeness (QED) is 0.634. The van der Waals surface area contributed by atoms with E-state index in [1.807, 2.05) is 0 Å². The van der Waals surface area contributed by atoms with Gasteiger partial charge in [0.2, 0.25) is 10.0 Å². The summed E-state index contributed by atoms with van der Waals surface area (Å²) in [5.41, 5.74) is 6.58. The minimum atomic E-state index is -3.30. The number of para-hydroxylation sites is 1. The number of rotatable bonds is 6. The Morgan fingerprint density at radius 3 is 2.37 bits per heavy atom. The molecule has 0 heterocycles. The van der Waals surface area contributed by atoms with Crippen molar-refractivity contribution in [2.45, 2.75) is 26.3 Å². The molecule has 0 radical (unpaired) electrons. The minimum absolute atomic E-state index is 0.124. The number of nitrogens with zero attached hydrogens (tertiary/aromatic N) is 1. The van der Waals surface area contributed by atoms with E-state index >= 15 is 0 Å². The van der Waals surface area contributed by atoms with Gasteiger partial charge in [0.25, 0.3) is 0 Å². The molecule has 0 bridgehead atoms. The molecule has 0 saturated carbocycles.